The number of carbonyl (C=O) groups is 2. The minimum absolute atomic E-state index is 0.292. The fourth-order valence-electron chi connectivity index (χ4n) is 1.78. The summed E-state index contributed by atoms with van der Waals surface area (Å²) in [5, 5.41) is 3.28. The molecule has 0 unspecified atom stereocenters. The fraction of sp³-hybridized carbons (Fsp3) is 0.267. The lowest BCUT2D eigenvalue weighted by Gasteiger charge is -2.09. The molecule has 1 amide bonds. The minimum atomic E-state index is -0.722. The second-order valence-electron chi connectivity index (χ2n) is 4.64. The van der Waals surface area contributed by atoms with Gasteiger partial charge in [-0.1, -0.05) is 12.1 Å². The third-order valence-corrected chi connectivity index (χ3v) is 3.94. The predicted octanol–water partition coefficient (Wildman–Crippen LogP) is 2.16. The maximum Gasteiger partial charge on any atom is 0.328 e. The van der Waals surface area contributed by atoms with Gasteiger partial charge in [0.25, 0.3) is 5.91 Å². The average Bonchev–Trinajstić information content (AvgIpc) is 2.97. The van der Waals surface area contributed by atoms with Gasteiger partial charge in [-0.05, 0) is 24.6 Å². The molecule has 5 nitrogen and oxygen atoms in total. The number of carbonyl (C=O) groups excluding carboxylic acids is 2. The highest BCUT2D eigenvalue weighted by Crippen LogP contribution is 2.17. The fourth-order valence-corrected chi connectivity index (χ4v) is 2.63. The van der Waals surface area contributed by atoms with Crippen molar-refractivity contribution in [2.75, 3.05) is 7.11 Å². The van der Waals surface area contributed by atoms with Crippen LogP contribution in [0.1, 0.15) is 27.2 Å². The van der Waals surface area contributed by atoms with Crippen LogP contribution in [-0.4, -0.2) is 30.0 Å². The number of methoxy groups -OCH3 is 1. The third-order valence-electron chi connectivity index (χ3n) is 2.95. The molecular weight excluding hydrogens is 307 g/mol. The number of hydrogen-bond donors (Lipinski definition) is 1. The van der Waals surface area contributed by atoms with E-state index in [9.17, 15) is 14.0 Å². The molecule has 0 radical (unpaired) electrons. The zero-order valence-corrected chi connectivity index (χ0v) is 12.9. The molecule has 0 spiro atoms. The van der Waals surface area contributed by atoms with Gasteiger partial charge in [-0.15, -0.1) is 11.3 Å². The highest BCUT2D eigenvalue weighted by Gasteiger charge is 2.18. The van der Waals surface area contributed by atoms with Gasteiger partial charge in [-0.25, -0.2) is 14.2 Å². The maximum absolute atomic E-state index is 12.8. The molecule has 0 aliphatic heterocycles. The van der Waals surface area contributed by atoms with Crippen molar-refractivity contribution in [1.82, 2.24) is 10.3 Å². The molecule has 1 aromatic carbocycles. The van der Waals surface area contributed by atoms with Gasteiger partial charge in [-0.3, -0.25) is 4.79 Å². The highest BCUT2D eigenvalue weighted by molar-refractivity contribution is 7.13. The van der Waals surface area contributed by atoms with Crippen molar-refractivity contribution in [2.24, 2.45) is 0 Å². The molecule has 0 saturated heterocycles. The molecule has 1 heterocycles. The molecule has 116 valence electrons. The SMILES string of the molecule is COC(=O)[C@H](C)NC(=O)c1cnc(Cc2ccc(F)cc2)s1. The summed E-state index contributed by atoms with van der Waals surface area (Å²) in [6.07, 6.45) is 1.98. The van der Waals surface area contributed by atoms with Crippen molar-refractivity contribution in [3.63, 3.8) is 0 Å². The van der Waals surface area contributed by atoms with Crippen LogP contribution in [-0.2, 0) is 16.0 Å². The van der Waals surface area contributed by atoms with Crippen LogP contribution in [0.4, 0.5) is 4.39 Å². The molecule has 22 heavy (non-hydrogen) atoms. The Balaban J connectivity index is 2.00. The summed E-state index contributed by atoms with van der Waals surface area (Å²) in [4.78, 5) is 27.8. The van der Waals surface area contributed by atoms with Crippen LogP contribution >= 0.6 is 11.3 Å². The standard InChI is InChI=1S/C15H15FN2O3S/c1-9(15(20)21-2)18-14(19)12-8-17-13(22-12)7-10-3-5-11(16)6-4-10/h3-6,8-9H,7H2,1-2H3,(H,18,19)/t9-/m0/s1. The molecule has 1 atom stereocenters. The molecule has 1 aromatic heterocycles. The number of halogens is 1. The minimum Gasteiger partial charge on any atom is -0.467 e. The Morgan fingerprint density at radius 1 is 1.36 bits per heavy atom. The predicted molar refractivity (Wildman–Crippen MR) is 80.3 cm³/mol. The normalized spacial score (nSPS) is 11.8. The number of rotatable bonds is 5. The summed E-state index contributed by atoms with van der Waals surface area (Å²) < 4.78 is 17.4. The Hall–Kier alpha value is -2.28. The van der Waals surface area contributed by atoms with Crippen molar-refractivity contribution < 1.29 is 18.7 Å². The quantitative estimate of drug-likeness (QED) is 0.857. The van der Waals surface area contributed by atoms with Crippen molar-refractivity contribution in [2.45, 2.75) is 19.4 Å². The number of aromatic nitrogens is 1. The van der Waals surface area contributed by atoms with Gasteiger partial charge in [0.2, 0.25) is 0 Å². The summed E-state index contributed by atoms with van der Waals surface area (Å²) in [5.41, 5.74) is 0.908. The van der Waals surface area contributed by atoms with Crippen molar-refractivity contribution >= 4 is 23.2 Å². The smallest absolute Gasteiger partial charge is 0.328 e. The van der Waals surface area contributed by atoms with E-state index in [1.807, 2.05) is 0 Å². The van der Waals surface area contributed by atoms with Crippen LogP contribution in [0, 0.1) is 5.82 Å². The van der Waals surface area contributed by atoms with Gasteiger partial charge < -0.3 is 10.1 Å². The third kappa shape index (κ3) is 4.11. The van der Waals surface area contributed by atoms with E-state index in [-0.39, 0.29) is 11.7 Å². The Morgan fingerprint density at radius 3 is 2.68 bits per heavy atom. The zero-order valence-electron chi connectivity index (χ0n) is 12.1. The zero-order chi connectivity index (χ0) is 16.1. The van der Waals surface area contributed by atoms with Gasteiger partial charge in [0.1, 0.15) is 16.7 Å². The summed E-state index contributed by atoms with van der Waals surface area (Å²) in [6.45, 7) is 1.55. The lowest BCUT2D eigenvalue weighted by atomic mass is 10.2. The molecule has 1 N–H and O–H groups in total. The van der Waals surface area contributed by atoms with E-state index < -0.39 is 12.0 Å². The molecule has 2 rings (SSSR count). The summed E-state index contributed by atoms with van der Waals surface area (Å²) in [6, 6.07) is 5.40. The first-order valence-electron chi connectivity index (χ1n) is 6.57. The van der Waals surface area contributed by atoms with Gasteiger partial charge >= 0.3 is 5.97 Å². The second-order valence-corrected chi connectivity index (χ2v) is 5.76. The van der Waals surface area contributed by atoms with E-state index in [1.165, 1.54) is 36.8 Å². The van der Waals surface area contributed by atoms with Crippen molar-refractivity contribution in [3.05, 3.63) is 51.7 Å². The monoisotopic (exact) mass is 322 g/mol. The van der Waals surface area contributed by atoms with Gasteiger partial charge in [0.15, 0.2) is 0 Å². The second kappa shape index (κ2) is 7.13. The van der Waals surface area contributed by atoms with Gasteiger partial charge in [-0.2, -0.15) is 0 Å². The number of nitrogens with zero attached hydrogens (tertiary/aromatic N) is 1. The van der Waals surface area contributed by atoms with Crippen LogP contribution in [0.5, 0.6) is 0 Å². The first-order valence-corrected chi connectivity index (χ1v) is 7.39. The molecule has 0 saturated carbocycles. The molecule has 0 aliphatic carbocycles. The molecule has 2 aromatic rings. The van der Waals surface area contributed by atoms with Gasteiger partial charge in [0.05, 0.1) is 18.3 Å². The first-order chi connectivity index (χ1) is 10.5. The van der Waals surface area contributed by atoms with Crippen LogP contribution in [0.2, 0.25) is 0 Å². The molecule has 7 heteroatoms. The Morgan fingerprint density at radius 2 is 2.05 bits per heavy atom. The average molecular weight is 322 g/mol. The molecule has 0 aliphatic rings. The number of esters is 1. The van der Waals surface area contributed by atoms with Gasteiger partial charge in [0, 0.05) is 6.42 Å². The summed E-state index contributed by atoms with van der Waals surface area (Å²) in [5.74, 6) is -1.18. The first kappa shape index (κ1) is 16.1. The molecular formula is C15H15FN2O3S. The van der Waals surface area contributed by atoms with E-state index in [4.69, 9.17) is 0 Å². The van der Waals surface area contributed by atoms with Crippen LogP contribution in [0.15, 0.2) is 30.5 Å². The highest BCUT2D eigenvalue weighted by atomic mass is 32.1. The lowest BCUT2D eigenvalue weighted by molar-refractivity contribution is -0.142. The van der Waals surface area contributed by atoms with E-state index in [1.54, 1.807) is 19.1 Å². The number of nitrogens with one attached hydrogen (secondary N) is 1. The number of amides is 1. The number of ether oxygens (including phenoxy) is 1. The molecule has 0 bridgehead atoms. The lowest BCUT2D eigenvalue weighted by Crippen LogP contribution is -2.38. The van der Waals surface area contributed by atoms with Crippen molar-refractivity contribution in [1.29, 1.82) is 0 Å². The Labute approximate surface area is 131 Å². The Bertz CT molecular complexity index is 670. The number of thiazole rings is 1. The van der Waals surface area contributed by atoms with E-state index in [0.29, 0.717) is 11.3 Å². The summed E-state index contributed by atoms with van der Waals surface area (Å²) >= 11 is 1.23. The number of hydrogen-bond acceptors (Lipinski definition) is 5. The van der Waals surface area contributed by atoms with Crippen LogP contribution in [0.3, 0.4) is 0 Å². The summed E-state index contributed by atoms with van der Waals surface area (Å²) in [7, 11) is 1.26. The van der Waals surface area contributed by atoms with E-state index in [0.717, 1.165) is 10.6 Å². The van der Waals surface area contributed by atoms with Crippen LogP contribution in [0.25, 0.3) is 0 Å². The topological polar surface area (TPSA) is 68.3 Å². The van der Waals surface area contributed by atoms with Crippen molar-refractivity contribution in [3.8, 4) is 0 Å². The number of benzene rings is 1. The Kier molecular flexibility index (Phi) is 5.21. The van der Waals surface area contributed by atoms with E-state index in [2.05, 4.69) is 15.0 Å². The van der Waals surface area contributed by atoms with Crippen LogP contribution < -0.4 is 5.32 Å². The molecule has 0 fully saturated rings. The largest absolute Gasteiger partial charge is 0.467 e. The maximum atomic E-state index is 12.8. The van der Waals surface area contributed by atoms with E-state index >= 15 is 0 Å².